The normalized spacial score (nSPS) is 11.9. The number of nitrogens with zero attached hydrogens (tertiary/aromatic N) is 2. The summed E-state index contributed by atoms with van der Waals surface area (Å²) in [6, 6.07) is 5.13. The van der Waals surface area contributed by atoms with Crippen LogP contribution in [-0.4, -0.2) is 22.5 Å². The molecule has 4 nitrogen and oxygen atoms in total. The van der Waals surface area contributed by atoms with Crippen LogP contribution in [0.15, 0.2) is 18.2 Å². The van der Waals surface area contributed by atoms with Crippen LogP contribution in [0.5, 0.6) is 11.6 Å². The van der Waals surface area contributed by atoms with Gasteiger partial charge in [-0.25, -0.2) is 4.39 Å². The molecule has 0 aliphatic heterocycles. The summed E-state index contributed by atoms with van der Waals surface area (Å²) in [4.78, 5) is 0. The van der Waals surface area contributed by atoms with E-state index in [0.29, 0.717) is 23.6 Å². The van der Waals surface area contributed by atoms with E-state index in [1.165, 1.54) is 13.2 Å². The zero-order valence-electron chi connectivity index (χ0n) is 15.6. The van der Waals surface area contributed by atoms with Crippen molar-refractivity contribution in [3.63, 3.8) is 0 Å². The van der Waals surface area contributed by atoms with Crippen molar-refractivity contribution >= 4 is 0 Å². The van der Waals surface area contributed by atoms with Crippen LogP contribution < -0.4 is 9.47 Å². The lowest BCUT2D eigenvalue weighted by Crippen LogP contribution is -2.24. The highest BCUT2D eigenvalue weighted by Gasteiger charge is 2.23. The average Bonchev–Trinajstić information content (AvgIpc) is 2.76. The summed E-state index contributed by atoms with van der Waals surface area (Å²) in [7, 11) is 1.53. The number of aromatic nitrogens is 2. The van der Waals surface area contributed by atoms with Crippen LogP contribution in [0.25, 0.3) is 0 Å². The molecule has 0 N–H and O–H groups in total. The molecule has 0 saturated carbocycles. The van der Waals surface area contributed by atoms with Crippen molar-refractivity contribution in [1.82, 2.24) is 9.78 Å². The molecule has 0 amide bonds. The van der Waals surface area contributed by atoms with Crippen LogP contribution in [0.3, 0.4) is 0 Å². The van der Waals surface area contributed by atoms with Crippen LogP contribution in [0.2, 0.25) is 0 Å². The SMILES string of the molecule is COc1ccc(Cc2c(OC(C)(C)C)nn(C(C)C)c2C)c(F)c1. The second kappa shape index (κ2) is 6.83. The molecule has 2 rings (SSSR count). The first-order chi connectivity index (χ1) is 11.1. The van der Waals surface area contributed by atoms with E-state index in [2.05, 4.69) is 18.9 Å². The molecule has 1 aromatic carbocycles. The maximum absolute atomic E-state index is 14.3. The van der Waals surface area contributed by atoms with Crippen molar-refractivity contribution < 1.29 is 13.9 Å². The van der Waals surface area contributed by atoms with E-state index in [4.69, 9.17) is 9.47 Å². The van der Waals surface area contributed by atoms with E-state index in [1.54, 1.807) is 12.1 Å². The van der Waals surface area contributed by atoms with Gasteiger partial charge in [0.25, 0.3) is 0 Å². The molecule has 0 aliphatic carbocycles. The Morgan fingerprint density at radius 1 is 1.25 bits per heavy atom. The Kier molecular flexibility index (Phi) is 5.21. The number of ether oxygens (including phenoxy) is 2. The van der Waals surface area contributed by atoms with Gasteiger partial charge in [0.05, 0.1) is 7.11 Å². The monoisotopic (exact) mass is 334 g/mol. The van der Waals surface area contributed by atoms with E-state index in [1.807, 2.05) is 32.4 Å². The number of halogens is 1. The predicted octanol–water partition coefficient (Wildman–Crippen LogP) is 4.69. The second-order valence-corrected chi connectivity index (χ2v) is 7.26. The van der Waals surface area contributed by atoms with Gasteiger partial charge in [-0.1, -0.05) is 6.07 Å². The molecule has 2 aromatic rings. The fraction of sp³-hybridized carbons (Fsp3) is 0.526. The van der Waals surface area contributed by atoms with E-state index in [0.717, 1.165) is 11.3 Å². The van der Waals surface area contributed by atoms with Crippen molar-refractivity contribution in [3.8, 4) is 11.6 Å². The molecule has 132 valence electrons. The number of methoxy groups -OCH3 is 1. The quantitative estimate of drug-likeness (QED) is 0.796. The third kappa shape index (κ3) is 4.08. The van der Waals surface area contributed by atoms with Gasteiger partial charge in [-0.15, -0.1) is 5.10 Å². The Morgan fingerprint density at radius 3 is 2.42 bits per heavy atom. The maximum atomic E-state index is 14.3. The van der Waals surface area contributed by atoms with Crippen molar-refractivity contribution in [2.75, 3.05) is 7.11 Å². The number of benzene rings is 1. The van der Waals surface area contributed by atoms with Gasteiger partial charge in [-0.2, -0.15) is 0 Å². The molecule has 0 bridgehead atoms. The fourth-order valence-electron chi connectivity index (χ4n) is 2.59. The summed E-state index contributed by atoms with van der Waals surface area (Å²) in [6.07, 6.45) is 0.430. The van der Waals surface area contributed by atoms with Gasteiger partial charge in [0.1, 0.15) is 17.2 Å². The minimum Gasteiger partial charge on any atom is -0.497 e. The Morgan fingerprint density at radius 2 is 1.92 bits per heavy atom. The van der Waals surface area contributed by atoms with Crippen LogP contribution in [0.1, 0.15) is 57.5 Å². The molecule has 1 aromatic heterocycles. The Bertz CT molecular complexity index is 715. The first-order valence-corrected chi connectivity index (χ1v) is 8.21. The van der Waals surface area contributed by atoms with Gasteiger partial charge >= 0.3 is 0 Å². The topological polar surface area (TPSA) is 36.3 Å². The van der Waals surface area contributed by atoms with Gasteiger partial charge in [0.15, 0.2) is 0 Å². The highest BCUT2D eigenvalue weighted by atomic mass is 19.1. The van der Waals surface area contributed by atoms with Crippen LogP contribution in [0, 0.1) is 12.7 Å². The van der Waals surface area contributed by atoms with E-state index < -0.39 is 0 Å². The van der Waals surface area contributed by atoms with Crippen LogP contribution in [0.4, 0.5) is 4.39 Å². The first-order valence-electron chi connectivity index (χ1n) is 8.21. The minimum atomic E-state index is -0.365. The Labute approximate surface area is 143 Å². The summed E-state index contributed by atoms with van der Waals surface area (Å²) in [6.45, 7) is 12.1. The summed E-state index contributed by atoms with van der Waals surface area (Å²) in [5.74, 6) is 0.800. The molecular weight excluding hydrogens is 307 g/mol. The lowest BCUT2D eigenvalue weighted by Gasteiger charge is -2.20. The van der Waals surface area contributed by atoms with Crippen molar-refractivity contribution in [2.24, 2.45) is 0 Å². The summed E-state index contributed by atoms with van der Waals surface area (Å²) < 4.78 is 27.4. The molecule has 0 saturated heterocycles. The largest absolute Gasteiger partial charge is 0.497 e. The molecule has 24 heavy (non-hydrogen) atoms. The average molecular weight is 334 g/mol. The van der Waals surface area contributed by atoms with Crippen LogP contribution >= 0.6 is 0 Å². The maximum Gasteiger partial charge on any atom is 0.237 e. The highest BCUT2D eigenvalue weighted by Crippen LogP contribution is 2.30. The summed E-state index contributed by atoms with van der Waals surface area (Å²) >= 11 is 0. The lowest BCUT2D eigenvalue weighted by molar-refractivity contribution is 0.121. The van der Waals surface area contributed by atoms with Crippen molar-refractivity contribution in [3.05, 3.63) is 40.8 Å². The van der Waals surface area contributed by atoms with Gasteiger partial charge in [0, 0.05) is 29.8 Å². The number of hydrogen-bond donors (Lipinski definition) is 0. The molecule has 0 radical (unpaired) electrons. The van der Waals surface area contributed by atoms with Crippen LogP contribution in [-0.2, 0) is 6.42 Å². The summed E-state index contributed by atoms with van der Waals surface area (Å²) in [5, 5.41) is 4.60. The standard InChI is InChI=1S/C19H27FN2O2/c1-12(2)22-13(3)16(18(21-22)24-19(4,5)6)10-14-8-9-15(23-7)11-17(14)20/h8-9,11-12H,10H2,1-7H3. The van der Waals surface area contributed by atoms with Gasteiger partial charge in [-0.05, 0) is 53.2 Å². The van der Waals surface area contributed by atoms with Gasteiger partial charge in [-0.3, -0.25) is 4.68 Å². The molecule has 0 fully saturated rings. The molecule has 0 aliphatic rings. The van der Waals surface area contributed by atoms with E-state index in [-0.39, 0.29) is 17.5 Å². The highest BCUT2D eigenvalue weighted by molar-refractivity contribution is 5.39. The molecule has 0 atom stereocenters. The van der Waals surface area contributed by atoms with Crippen molar-refractivity contribution in [1.29, 1.82) is 0 Å². The minimum absolute atomic E-state index is 0.210. The molecular formula is C19H27FN2O2. The molecule has 5 heteroatoms. The zero-order valence-corrected chi connectivity index (χ0v) is 15.6. The molecule has 1 heterocycles. The predicted molar refractivity (Wildman–Crippen MR) is 93.5 cm³/mol. The number of hydrogen-bond acceptors (Lipinski definition) is 3. The third-order valence-electron chi connectivity index (χ3n) is 3.76. The fourth-order valence-corrected chi connectivity index (χ4v) is 2.59. The molecule has 0 unspecified atom stereocenters. The first kappa shape index (κ1) is 18.3. The van der Waals surface area contributed by atoms with E-state index >= 15 is 0 Å². The van der Waals surface area contributed by atoms with Crippen molar-refractivity contribution in [2.45, 2.75) is 59.6 Å². The molecule has 0 spiro atoms. The van der Waals surface area contributed by atoms with Gasteiger partial charge in [0.2, 0.25) is 5.88 Å². The third-order valence-corrected chi connectivity index (χ3v) is 3.76. The summed E-state index contributed by atoms with van der Waals surface area (Å²) in [5.41, 5.74) is 2.15. The number of rotatable bonds is 5. The second-order valence-electron chi connectivity index (χ2n) is 7.26. The Balaban J connectivity index is 2.44. The lowest BCUT2D eigenvalue weighted by atomic mass is 10.0. The Hall–Kier alpha value is -2.04. The zero-order chi connectivity index (χ0) is 18.1. The van der Waals surface area contributed by atoms with Gasteiger partial charge < -0.3 is 9.47 Å². The smallest absolute Gasteiger partial charge is 0.237 e. The van der Waals surface area contributed by atoms with E-state index in [9.17, 15) is 4.39 Å².